The molecule has 0 aliphatic rings. The highest BCUT2D eigenvalue weighted by atomic mass is 31.2. The molecule has 12 heteroatoms. The van der Waals surface area contributed by atoms with E-state index in [0.717, 1.165) is 109 Å². The zero-order valence-electron chi connectivity index (χ0n) is 51.3. The minimum atomic E-state index is -4.77. The summed E-state index contributed by atoms with van der Waals surface area (Å²) in [7, 11) is -4.77. The number of hydrogen-bond acceptors (Lipinski definition) is 10. The maximum Gasteiger partial charge on any atom is 0.472 e. The van der Waals surface area contributed by atoms with Crippen molar-refractivity contribution in [3.05, 3.63) is 85.1 Å². The van der Waals surface area contributed by atoms with Gasteiger partial charge in [0.15, 0.2) is 6.10 Å². The summed E-state index contributed by atoms with van der Waals surface area (Å²) >= 11 is 0. The number of rotatable bonds is 60. The Morgan fingerprint density at radius 3 is 1.02 bits per heavy atom. The van der Waals surface area contributed by atoms with Gasteiger partial charge in [0, 0.05) is 19.3 Å². The number of carbonyl (C=O) groups is 3. The first-order valence-corrected chi connectivity index (χ1v) is 34.0. The summed E-state index contributed by atoms with van der Waals surface area (Å²) in [4.78, 5) is 48.8. The third-order valence-corrected chi connectivity index (χ3v) is 14.7. The Morgan fingerprint density at radius 2 is 0.650 bits per heavy atom. The zero-order valence-corrected chi connectivity index (χ0v) is 52.2. The van der Waals surface area contributed by atoms with Crippen molar-refractivity contribution in [3.63, 3.8) is 0 Å². The first kappa shape index (κ1) is 76.7. The molecule has 0 heterocycles. The van der Waals surface area contributed by atoms with Crippen molar-refractivity contribution in [3.8, 4) is 0 Å². The van der Waals surface area contributed by atoms with Gasteiger partial charge in [-0.3, -0.25) is 23.4 Å². The number of ether oxygens (including phenoxy) is 3. The molecule has 0 bridgehead atoms. The van der Waals surface area contributed by atoms with E-state index in [1.165, 1.54) is 122 Å². The van der Waals surface area contributed by atoms with Crippen LogP contribution in [0.2, 0.25) is 0 Å². The molecule has 0 aliphatic heterocycles. The second kappa shape index (κ2) is 61.7. The summed E-state index contributed by atoms with van der Waals surface area (Å²) in [5, 5.41) is 9.85. The maximum absolute atomic E-state index is 13.0. The van der Waals surface area contributed by atoms with Crippen molar-refractivity contribution in [2.45, 2.75) is 303 Å². The van der Waals surface area contributed by atoms with Gasteiger partial charge in [0.2, 0.25) is 0 Å². The second-order valence-electron chi connectivity index (χ2n) is 21.5. The lowest BCUT2D eigenvalue weighted by molar-refractivity contribution is -0.161. The van der Waals surface area contributed by atoms with Gasteiger partial charge in [0.1, 0.15) is 12.7 Å². The van der Waals surface area contributed by atoms with Crippen molar-refractivity contribution in [2.75, 3.05) is 26.4 Å². The number of aliphatic hydroxyl groups is 1. The van der Waals surface area contributed by atoms with Gasteiger partial charge in [-0.25, -0.2) is 4.57 Å². The van der Waals surface area contributed by atoms with Crippen LogP contribution >= 0.6 is 7.82 Å². The summed E-state index contributed by atoms with van der Waals surface area (Å²) < 4.78 is 39.7. The normalized spacial score (nSPS) is 13.8. The average molecular weight is 1140 g/mol. The summed E-state index contributed by atoms with van der Waals surface area (Å²) in [6, 6.07) is 0. The van der Waals surface area contributed by atoms with Crippen LogP contribution in [0, 0.1) is 0 Å². The molecule has 0 amide bonds. The van der Waals surface area contributed by atoms with E-state index in [4.69, 9.17) is 23.3 Å². The minimum absolute atomic E-state index is 0.155. The molecule has 0 aromatic heterocycles. The molecule has 0 spiro atoms. The van der Waals surface area contributed by atoms with Crippen molar-refractivity contribution in [2.24, 2.45) is 0 Å². The summed E-state index contributed by atoms with van der Waals surface area (Å²) in [5.41, 5.74) is 0. The van der Waals surface area contributed by atoms with Gasteiger partial charge in [-0.1, -0.05) is 241 Å². The number of esters is 3. The molecule has 0 saturated heterocycles. The molecule has 0 aliphatic carbocycles. The van der Waals surface area contributed by atoms with E-state index in [0.29, 0.717) is 19.3 Å². The highest BCUT2D eigenvalue weighted by Crippen LogP contribution is 2.43. The lowest BCUT2D eigenvalue weighted by Gasteiger charge is -2.21. The van der Waals surface area contributed by atoms with Gasteiger partial charge in [0.05, 0.1) is 19.8 Å². The van der Waals surface area contributed by atoms with Crippen molar-refractivity contribution < 1.29 is 52.2 Å². The van der Waals surface area contributed by atoms with Gasteiger partial charge in [-0.15, -0.1) is 0 Å². The molecule has 2 N–H and O–H groups in total. The molecule has 0 aromatic carbocycles. The lowest BCUT2D eigenvalue weighted by atomic mass is 10.1. The zero-order chi connectivity index (χ0) is 58.3. The van der Waals surface area contributed by atoms with E-state index in [1.807, 2.05) is 0 Å². The van der Waals surface area contributed by atoms with Crippen LogP contribution in [0.4, 0.5) is 0 Å². The van der Waals surface area contributed by atoms with E-state index in [2.05, 4.69) is 106 Å². The van der Waals surface area contributed by atoms with Gasteiger partial charge in [0.25, 0.3) is 0 Å². The van der Waals surface area contributed by atoms with E-state index in [1.54, 1.807) is 0 Å². The number of carbonyl (C=O) groups excluding carboxylic acids is 3. The predicted molar refractivity (Wildman–Crippen MR) is 334 cm³/mol. The predicted octanol–water partition coefficient (Wildman–Crippen LogP) is 19.8. The molecule has 0 rings (SSSR count). The van der Waals surface area contributed by atoms with E-state index in [-0.39, 0.29) is 25.9 Å². The molecule has 0 fully saturated rings. The third-order valence-electron chi connectivity index (χ3n) is 13.8. The minimum Gasteiger partial charge on any atom is -0.462 e. The smallest absolute Gasteiger partial charge is 0.462 e. The van der Waals surface area contributed by atoms with Crippen molar-refractivity contribution >= 4 is 25.7 Å². The van der Waals surface area contributed by atoms with Crippen LogP contribution in [-0.4, -0.2) is 66.5 Å². The molecule has 11 nitrogen and oxygen atoms in total. The molecule has 0 aromatic rings. The third kappa shape index (κ3) is 59.3. The summed E-state index contributed by atoms with van der Waals surface area (Å²) in [5.74, 6) is -1.51. The molecule has 80 heavy (non-hydrogen) atoms. The summed E-state index contributed by atoms with van der Waals surface area (Å²) in [6.07, 6.45) is 72.5. The van der Waals surface area contributed by atoms with Gasteiger partial charge >= 0.3 is 25.7 Å². The molecule has 462 valence electrons. The molecule has 3 unspecified atom stereocenters. The second-order valence-corrected chi connectivity index (χ2v) is 23.0. The quantitative estimate of drug-likeness (QED) is 0.0197. The largest absolute Gasteiger partial charge is 0.472 e. The van der Waals surface area contributed by atoms with Gasteiger partial charge < -0.3 is 24.2 Å². The first-order valence-electron chi connectivity index (χ1n) is 32.5. The number of unbranched alkanes of at least 4 members (excludes halogenated alkanes) is 29. The SMILES string of the molecule is CC/C=C\C/C=C\C/C=C\C/C=C\C/C=C\CCCCCC(=O)OCC(COP(=O)(O)OCC(CO)OC(=O)CCCCCCC/C=C\CCCCCCCC)OC(=O)CCCCCCCCCCC/C=C\CCCCCCCC. The van der Waals surface area contributed by atoms with E-state index < -0.39 is 57.8 Å². The molecular weight excluding hydrogens is 1020 g/mol. The summed E-state index contributed by atoms with van der Waals surface area (Å²) in [6.45, 7) is 4.51. The first-order chi connectivity index (χ1) is 39.2. The Morgan fingerprint density at radius 1 is 0.362 bits per heavy atom. The maximum atomic E-state index is 13.0. The number of phosphoric acid groups is 1. The Labute approximate surface area is 490 Å². The fourth-order valence-corrected chi connectivity index (χ4v) is 9.63. The Hall–Kier alpha value is -3.34. The van der Waals surface area contributed by atoms with Crippen LogP contribution in [0.5, 0.6) is 0 Å². The average Bonchev–Trinajstić information content (AvgIpc) is 3.45. The number of hydrogen-bond donors (Lipinski definition) is 2. The Kier molecular flexibility index (Phi) is 59.1. The topological polar surface area (TPSA) is 155 Å². The van der Waals surface area contributed by atoms with E-state index in [9.17, 15) is 28.9 Å². The van der Waals surface area contributed by atoms with Gasteiger partial charge in [-0.05, 0) is 116 Å². The Balaban J connectivity index is 4.76. The number of aliphatic hydroxyl groups excluding tert-OH is 1. The van der Waals surface area contributed by atoms with Crippen LogP contribution in [0.3, 0.4) is 0 Å². The molecule has 0 radical (unpaired) electrons. The van der Waals surface area contributed by atoms with Crippen LogP contribution in [-0.2, 0) is 42.2 Å². The number of allylic oxidation sites excluding steroid dienone is 14. The highest BCUT2D eigenvalue weighted by molar-refractivity contribution is 7.47. The van der Waals surface area contributed by atoms with Crippen LogP contribution in [0.25, 0.3) is 0 Å². The van der Waals surface area contributed by atoms with Crippen molar-refractivity contribution in [1.82, 2.24) is 0 Å². The fourth-order valence-electron chi connectivity index (χ4n) is 8.84. The number of phosphoric ester groups is 1. The van der Waals surface area contributed by atoms with Crippen molar-refractivity contribution in [1.29, 1.82) is 0 Å². The Bertz CT molecular complexity index is 1670. The van der Waals surface area contributed by atoms with E-state index >= 15 is 0 Å². The monoisotopic (exact) mass is 1140 g/mol. The van der Waals surface area contributed by atoms with Crippen LogP contribution in [0.15, 0.2) is 85.1 Å². The van der Waals surface area contributed by atoms with Crippen LogP contribution in [0.1, 0.15) is 290 Å². The fraction of sp³-hybridized carbons (Fsp3) is 0.750. The van der Waals surface area contributed by atoms with Crippen LogP contribution < -0.4 is 0 Å². The molecule has 3 atom stereocenters. The highest BCUT2D eigenvalue weighted by Gasteiger charge is 2.28. The molecule has 0 saturated carbocycles. The lowest BCUT2D eigenvalue weighted by Crippen LogP contribution is -2.30. The van der Waals surface area contributed by atoms with Gasteiger partial charge in [-0.2, -0.15) is 0 Å². The standard InChI is InChI=1S/C68H119O11P/c1-4-7-10-13-16-19-22-25-28-30-32-34-37-39-42-45-48-51-54-57-66(70)75-61-65(79-68(72)59-56-53-50-47-44-41-38-35-33-31-29-26-23-20-17-14-11-8-5-2)63-77-80(73,74)76-62-64(60-69)78-67(71)58-55-52-49-46-43-40-36-27-24-21-18-15-12-9-6-3/h7,10,16,19,25-29,32,34,36,39,42,64-65,69H,4-6,8-9,11-15,17-18,20-24,30-31,33,35,37-38,40-41,43-63H2,1-3H3,(H,73,74)/b10-7-,19-16-,28-25-,29-26-,34-32-,36-27-,42-39-. The molecular formula is C68H119O11P.